The summed E-state index contributed by atoms with van der Waals surface area (Å²) in [6.45, 7) is 4.05. The third-order valence-electron chi connectivity index (χ3n) is 2.61. The Morgan fingerprint density at radius 3 is 2.79 bits per heavy atom. The van der Waals surface area contributed by atoms with Gasteiger partial charge in [0, 0.05) is 5.92 Å². The molecule has 78 valence electrons. The van der Waals surface area contributed by atoms with Crippen molar-refractivity contribution in [1.29, 1.82) is 0 Å². The number of methoxy groups -OCH3 is 1. The lowest BCUT2D eigenvalue weighted by Gasteiger charge is -2.10. The molecule has 1 aliphatic rings. The topological polar surface area (TPSA) is 26.3 Å². The molecule has 1 atom stereocenters. The molecule has 0 spiro atoms. The van der Waals surface area contributed by atoms with Crippen molar-refractivity contribution in [2.75, 3.05) is 7.11 Å². The van der Waals surface area contributed by atoms with E-state index < -0.39 is 0 Å². The highest BCUT2D eigenvalue weighted by Gasteiger charge is 2.18. The third kappa shape index (κ3) is 2.72. The predicted octanol–water partition coefficient (Wildman–Crippen LogP) is 2.85. The number of carbonyl (C=O) groups is 1. The second-order valence-electron chi connectivity index (χ2n) is 3.87. The van der Waals surface area contributed by atoms with Crippen molar-refractivity contribution in [3.05, 3.63) is 23.5 Å². The Balaban J connectivity index is 2.85. The highest BCUT2D eigenvalue weighted by molar-refractivity contribution is 5.95. The standard InChI is InChI=1S/C12H18O2/c1-9-5-4-6-10(2)12(13)11(14-3)8-7-9/h5,8,10H,4,6-7H2,1-3H3/b9-5-,11-8+. The maximum atomic E-state index is 11.8. The first kappa shape index (κ1) is 11.0. The molecular formula is C12H18O2. The van der Waals surface area contributed by atoms with Crippen LogP contribution >= 0.6 is 0 Å². The molecular weight excluding hydrogens is 176 g/mol. The molecule has 0 fully saturated rings. The summed E-state index contributed by atoms with van der Waals surface area (Å²) in [4.78, 5) is 11.8. The summed E-state index contributed by atoms with van der Waals surface area (Å²) in [5.74, 6) is 0.728. The van der Waals surface area contributed by atoms with E-state index in [1.54, 1.807) is 7.11 Å². The van der Waals surface area contributed by atoms with E-state index >= 15 is 0 Å². The van der Waals surface area contributed by atoms with Crippen LogP contribution in [0.2, 0.25) is 0 Å². The Morgan fingerprint density at radius 2 is 2.14 bits per heavy atom. The van der Waals surface area contributed by atoms with Crippen LogP contribution in [0.1, 0.15) is 33.1 Å². The molecule has 0 amide bonds. The molecule has 0 aromatic rings. The van der Waals surface area contributed by atoms with Crippen LogP contribution in [0.15, 0.2) is 23.5 Å². The maximum Gasteiger partial charge on any atom is 0.199 e. The largest absolute Gasteiger partial charge is 0.493 e. The fourth-order valence-corrected chi connectivity index (χ4v) is 1.58. The van der Waals surface area contributed by atoms with E-state index in [0.717, 1.165) is 19.3 Å². The van der Waals surface area contributed by atoms with Crippen molar-refractivity contribution in [3.8, 4) is 0 Å². The summed E-state index contributed by atoms with van der Waals surface area (Å²) >= 11 is 0. The van der Waals surface area contributed by atoms with E-state index in [0.29, 0.717) is 5.76 Å². The molecule has 0 aromatic carbocycles. The highest BCUT2D eigenvalue weighted by Crippen LogP contribution is 2.18. The van der Waals surface area contributed by atoms with Crippen molar-refractivity contribution >= 4 is 5.78 Å². The highest BCUT2D eigenvalue weighted by atomic mass is 16.5. The van der Waals surface area contributed by atoms with Crippen molar-refractivity contribution in [1.82, 2.24) is 0 Å². The fourth-order valence-electron chi connectivity index (χ4n) is 1.58. The molecule has 0 saturated carbocycles. The third-order valence-corrected chi connectivity index (χ3v) is 2.61. The summed E-state index contributed by atoms with van der Waals surface area (Å²) in [6.07, 6.45) is 6.82. The van der Waals surface area contributed by atoms with Crippen LogP contribution in [-0.4, -0.2) is 12.9 Å². The molecule has 0 saturated heterocycles. The molecule has 1 unspecified atom stereocenters. The van der Waals surface area contributed by atoms with E-state index in [1.807, 2.05) is 13.0 Å². The van der Waals surface area contributed by atoms with Gasteiger partial charge in [-0.15, -0.1) is 0 Å². The lowest BCUT2D eigenvalue weighted by Crippen LogP contribution is -2.14. The average molecular weight is 194 g/mol. The van der Waals surface area contributed by atoms with Crippen LogP contribution in [0.25, 0.3) is 0 Å². The monoisotopic (exact) mass is 194 g/mol. The molecule has 0 heterocycles. The number of rotatable bonds is 1. The molecule has 0 radical (unpaired) electrons. The first-order valence-electron chi connectivity index (χ1n) is 5.09. The van der Waals surface area contributed by atoms with Gasteiger partial charge in [-0.2, -0.15) is 0 Å². The number of allylic oxidation sites excluding steroid dienone is 4. The van der Waals surface area contributed by atoms with Crippen molar-refractivity contribution in [3.63, 3.8) is 0 Å². The Labute approximate surface area is 85.6 Å². The first-order valence-corrected chi connectivity index (χ1v) is 5.09. The quantitative estimate of drug-likeness (QED) is 0.600. The number of hydrogen-bond acceptors (Lipinski definition) is 2. The van der Waals surface area contributed by atoms with Gasteiger partial charge in [0.25, 0.3) is 0 Å². The van der Waals surface area contributed by atoms with Gasteiger partial charge in [-0.05, 0) is 32.3 Å². The smallest absolute Gasteiger partial charge is 0.199 e. The lowest BCUT2D eigenvalue weighted by atomic mass is 9.99. The molecule has 1 rings (SSSR count). The minimum absolute atomic E-state index is 0.0725. The minimum Gasteiger partial charge on any atom is -0.493 e. The van der Waals surface area contributed by atoms with Crippen LogP contribution in [0.5, 0.6) is 0 Å². The van der Waals surface area contributed by atoms with Gasteiger partial charge in [-0.25, -0.2) is 0 Å². The van der Waals surface area contributed by atoms with Gasteiger partial charge in [0.2, 0.25) is 0 Å². The van der Waals surface area contributed by atoms with Gasteiger partial charge in [0.15, 0.2) is 11.5 Å². The van der Waals surface area contributed by atoms with Gasteiger partial charge < -0.3 is 4.74 Å². The van der Waals surface area contributed by atoms with Gasteiger partial charge in [0.1, 0.15) is 0 Å². The molecule has 14 heavy (non-hydrogen) atoms. The van der Waals surface area contributed by atoms with Crippen LogP contribution in [0.3, 0.4) is 0 Å². The molecule has 0 N–H and O–H groups in total. The van der Waals surface area contributed by atoms with Gasteiger partial charge in [-0.3, -0.25) is 4.79 Å². The van der Waals surface area contributed by atoms with Crippen molar-refractivity contribution < 1.29 is 9.53 Å². The normalized spacial score (nSPS) is 31.6. The number of ketones is 1. The molecule has 0 aliphatic heterocycles. The number of ether oxygens (including phenoxy) is 1. The summed E-state index contributed by atoms with van der Waals surface area (Å²) in [7, 11) is 1.56. The minimum atomic E-state index is 0.0725. The fraction of sp³-hybridized carbons (Fsp3) is 0.583. The Bertz CT molecular complexity index is 274. The Morgan fingerprint density at radius 1 is 1.43 bits per heavy atom. The van der Waals surface area contributed by atoms with Crippen LogP contribution < -0.4 is 0 Å². The average Bonchev–Trinajstić information content (AvgIpc) is 2.22. The summed E-state index contributed by atoms with van der Waals surface area (Å²) in [5, 5.41) is 0. The Hall–Kier alpha value is -1.05. The van der Waals surface area contributed by atoms with E-state index in [1.165, 1.54) is 5.57 Å². The molecule has 0 aromatic heterocycles. The van der Waals surface area contributed by atoms with Gasteiger partial charge >= 0.3 is 0 Å². The molecule has 2 nitrogen and oxygen atoms in total. The summed E-state index contributed by atoms with van der Waals surface area (Å²) in [5.41, 5.74) is 1.31. The zero-order valence-corrected chi connectivity index (χ0v) is 9.17. The van der Waals surface area contributed by atoms with Gasteiger partial charge in [-0.1, -0.05) is 18.6 Å². The number of hydrogen-bond donors (Lipinski definition) is 0. The number of Topliss-reactive ketones (excluding diaryl/α,β-unsaturated/α-hetero) is 1. The molecule has 2 heteroatoms. The first-order chi connectivity index (χ1) is 6.65. The maximum absolute atomic E-state index is 11.8. The Kier molecular flexibility index (Phi) is 3.93. The van der Waals surface area contributed by atoms with Crippen molar-refractivity contribution in [2.24, 2.45) is 5.92 Å². The summed E-state index contributed by atoms with van der Waals surface area (Å²) in [6, 6.07) is 0. The van der Waals surface area contributed by atoms with E-state index in [9.17, 15) is 4.79 Å². The van der Waals surface area contributed by atoms with Gasteiger partial charge in [0.05, 0.1) is 7.11 Å². The van der Waals surface area contributed by atoms with E-state index in [-0.39, 0.29) is 11.7 Å². The van der Waals surface area contributed by atoms with E-state index in [4.69, 9.17) is 4.74 Å². The predicted molar refractivity (Wildman–Crippen MR) is 56.9 cm³/mol. The van der Waals surface area contributed by atoms with Crippen molar-refractivity contribution in [2.45, 2.75) is 33.1 Å². The summed E-state index contributed by atoms with van der Waals surface area (Å²) < 4.78 is 5.10. The molecule has 1 aliphatic carbocycles. The molecule has 0 bridgehead atoms. The zero-order chi connectivity index (χ0) is 10.6. The van der Waals surface area contributed by atoms with E-state index in [2.05, 4.69) is 13.0 Å². The second-order valence-corrected chi connectivity index (χ2v) is 3.87. The van der Waals surface area contributed by atoms with Crippen LogP contribution in [-0.2, 0) is 9.53 Å². The SMILES string of the molecule is CO/C1=C/C/C(C)=C\CCC(C)C1=O. The zero-order valence-electron chi connectivity index (χ0n) is 9.17. The lowest BCUT2D eigenvalue weighted by molar-refractivity contribution is -0.121. The van der Waals surface area contributed by atoms with Crippen LogP contribution in [0, 0.1) is 5.92 Å². The number of carbonyl (C=O) groups excluding carboxylic acids is 1. The second kappa shape index (κ2) is 4.99. The van der Waals surface area contributed by atoms with Crippen LogP contribution in [0.4, 0.5) is 0 Å².